The quantitative estimate of drug-likeness (QED) is 0.507. The Balaban J connectivity index is 1.96. The molecule has 0 radical (unpaired) electrons. The molecule has 0 aliphatic carbocycles. The molecule has 1 heterocycles. The lowest BCUT2D eigenvalue weighted by Crippen LogP contribution is -2.54. The van der Waals surface area contributed by atoms with Gasteiger partial charge in [-0.15, -0.1) is 0 Å². The van der Waals surface area contributed by atoms with Crippen LogP contribution in [0.1, 0.15) is 16.7 Å². The van der Waals surface area contributed by atoms with E-state index in [0.29, 0.717) is 22.3 Å². The molecule has 1 fully saturated rings. The van der Waals surface area contributed by atoms with Crippen LogP contribution >= 0.6 is 7.55 Å². The molecule has 7 nitrogen and oxygen atoms in total. The van der Waals surface area contributed by atoms with Gasteiger partial charge < -0.3 is 10.1 Å². The molecule has 0 aromatic heterocycles. The molecule has 2 aromatic rings. The van der Waals surface area contributed by atoms with Crippen molar-refractivity contribution < 1.29 is 27.5 Å². The number of carbonyl (C=O) groups is 2. The van der Waals surface area contributed by atoms with Crippen LogP contribution in [0.25, 0.3) is 0 Å². The van der Waals surface area contributed by atoms with Crippen LogP contribution in [0.5, 0.6) is 5.75 Å². The minimum Gasteiger partial charge on any atom is -0.490 e. The van der Waals surface area contributed by atoms with Gasteiger partial charge in [-0.1, -0.05) is 0 Å². The Hall–Kier alpha value is -3.88. The van der Waals surface area contributed by atoms with Crippen LogP contribution in [0, 0.1) is 22.7 Å². The second-order valence-corrected chi connectivity index (χ2v) is 9.46. The summed E-state index contributed by atoms with van der Waals surface area (Å²) < 4.78 is 45.8. The zero-order chi connectivity index (χ0) is 24.4. The van der Waals surface area contributed by atoms with E-state index >= 15 is 0 Å². The van der Waals surface area contributed by atoms with Crippen molar-refractivity contribution in [1.29, 1.82) is 10.5 Å². The van der Waals surface area contributed by atoms with Gasteiger partial charge in [0.15, 0.2) is 5.54 Å². The molecular weight excluding hydrogens is 456 g/mol. The predicted molar refractivity (Wildman–Crippen MR) is 116 cm³/mol. The van der Waals surface area contributed by atoms with Gasteiger partial charge in [-0.2, -0.15) is 23.7 Å². The molecule has 2 unspecified atom stereocenters. The van der Waals surface area contributed by atoms with E-state index in [1.807, 2.05) is 6.07 Å². The van der Waals surface area contributed by atoms with Crippen molar-refractivity contribution in [3.05, 3.63) is 59.2 Å². The SMILES string of the molecule is C=[P+](C)CC1(COc2ccc(C#N)cc2)NC(=O)N(c2ccc(C#N)c(C(F)(F)F)c2)C1=O. The Bertz CT molecular complexity index is 1220. The van der Waals surface area contributed by atoms with Gasteiger partial charge in [0.05, 0.1) is 55.0 Å². The number of hydrogen-bond donors (Lipinski definition) is 1. The van der Waals surface area contributed by atoms with Crippen molar-refractivity contribution in [2.75, 3.05) is 24.3 Å². The van der Waals surface area contributed by atoms with Gasteiger partial charge in [-0.25, -0.2) is 9.69 Å². The molecule has 1 aliphatic rings. The zero-order valence-electron chi connectivity index (χ0n) is 17.3. The number of amides is 3. The van der Waals surface area contributed by atoms with E-state index in [4.69, 9.17) is 15.3 Å². The average Bonchev–Trinajstić information content (AvgIpc) is 3.00. The number of halogens is 3. The largest absolute Gasteiger partial charge is 0.490 e. The number of hydrogen-bond acceptors (Lipinski definition) is 5. The molecule has 1 saturated heterocycles. The summed E-state index contributed by atoms with van der Waals surface area (Å²) in [6, 6.07) is 11.3. The van der Waals surface area contributed by atoms with Gasteiger partial charge in [0.25, 0.3) is 5.91 Å². The van der Waals surface area contributed by atoms with Crippen LogP contribution < -0.4 is 15.0 Å². The molecule has 0 spiro atoms. The lowest BCUT2D eigenvalue weighted by Gasteiger charge is -2.24. The number of carbonyl (C=O) groups excluding carboxylic acids is 2. The number of anilines is 1. The van der Waals surface area contributed by atoms with Crippen LogP contribution in [-0.4, -0.2) is 43.2 Å². The number of nitrogens with one attached hydrogen (secondary N) is 1. The van der Waals surface area contributed by atoms with Crippen molar-refractivity contribution in [3.8, 4) is 17.9 Å². The Morgan fingerprint density at radius 1 is 1.15 bits per heavy atom. The molecule has 0 saturated carbocycles. The molecule has 1 aliphatic heterocycles. The minimum atomic E-state index is -4.85. The van der Waals surface area contributed by atoms with Crippen LogP contribution in [-0.2, 0) is 11.0 Å². The van der Waals surface area contributed by atoms with Gasteiger partial charge in [0.2, 0.25) is 0 Å². The first kappa shape index (κ1) is 23.8. The third-order valence-electron chi connectivity index (χ3n) is 4.86. The number of imide groups is 1. The fraction of sp³-hybridized carbons (Fsp3) is 0.227. The molecule has 3 rings (SSSR count). The van der Waals surface area contributed by atoms with Crippen molar-refractivity contribution in [3.63, 3.8) is 0 Å². The summed E-state index contributed by atoms with van der Waals surface area (Å²) in [4.78, 5) is 26.7. The molecule has 11 heteroatoms. The highest BCUT2D eigenvalue weighted by molar-refractivity contribution is 7.55. The highest BCUT2D eigenvalue weighted by Gasteiger charge is 2.55. The lowest BCUT2D eigenvalue weighted by atomic mass is 10.0. The first-order valence-electron chi connectivity index (χ1n) is 9.43. The maximum atomic E-state index is 13.4. The predicted octanol–water partition coefficient (Wildman–Crippen LogP) is 3.87. The molecule has 0 bridgehead atoms. The van der Waals surface area contributed by atoms with E-state index in [1.165, 1.54) is 30.3 Å². The van der Waals surface area contributed by atoms with Crippen molar-refractivity contribution in [1.82, 2.24) is 5.32 Å². The smallest absolute Gasteiger partial charge is 0.417 e. The van der Waals surface area contributed by atoms with E-state index in [1.54, 1.807) is 6.66 Å². The standard InChI is InChI=1S/C22H16F3N4O3P/c1-33(2)13-21(12-32-17-7-3-14(10-26)4-8-17)19(30)29(20(31)28-21)16-6-5-15(11-27)18(9-16)22(23,24)25/h3-9H,1,12-13H2,2H3/p+1. The monoisotopic (exact) mass is 473 g/mol. The molecule has 1 N–H and O–H groups in total. The van der Waals surface area contributed by atoms with E-state index in [2.05, 4.69) is 11.6 Å². The van der Waals surface area contributed by atoms with E-state index in [9.17, 15) is 22.8 Å². The Kier molecular flexibility index (Phi) is 6.44. The third-order valence-corrected chi connectivity index (χ3v) is 5.94. The first-order chi connectivity index (χ1) is 15.5. The van der Waals surface area contributed by atoms with Crippen LogP contribution in [0.15, 0.2) is 42.5 Å². The molecule has 3 amide bonds. The molecule has 2 atom stereocenters. The second kappa shape index (κ2) is 8.93. The number of benzene rings is 2. The highest BCUT2D eigenvalue weighted by atomic mass is 31.1. The number of ether oxygens (including phenoxy) is 1. The van der Waals surface area contributed by atoms with Gasteiger partial charge >= 0.3 is 12.2 Å². The van der Waals surface area contributed by atoms with Gasteiger partial charge in [0, 0.05) is 0 Å². The van der Waals surface area contributed by atoms with Crippen LogP contribution in [0.4, 0.5) is 23.7 Å². The fourth-order valence-corrected chi connectivity index (χ4v) is 4.63. The van der Waals surface area contributed by atoms with Crippen molar-refractivity contribution in [2.45, 2.75) is 11.7 Å². The Morgan fingerprint density at radius 2 is 1.82 bits per heavy atom. The van der Waals surface area contributed by atoms with E-state index in [-0.39, 0.29) is 18.5 Å². The van der Waals surface area contributed by atoms with Crippen LogP contribution in [0.3, 0.4) is 0 Å². The van der Waals surface area contributed by atoms with Crippen molar-refractivity contribution in [2.24, 2.45) is 0 Å². The Labute approximate surface area is 188 Å². The zero-order valence-corrected chi connectivity index (χ0v) is 18.2. The number of nitriles is 2. The normalized spacial score (nSPS) is 18.4. The summed E-state index contributed by atoms with van der Waals surface area (Å²) in [5.41, 5.74) is -3.31. The number of alkyl halides is 3. The van der Waals surface area contributed by atoms with Crippen molar-refractivity contribution >= 4 is 31.5 Å². The summed E-state index contributed by atoms with van der Waals surface area (Å²) in [5.74, 6) is -0.437. The summed E-state index contributed by atoms with van der Waals surface area (Å²) in [5, 5.41) is 20.4. The highest BCUT2D eigenvalue weighted by Crippen LogP contribution is 2.37. The third kappa shape index (κ3) is 4.82. The lowest BCUT2D eigenvalue weighted by molar-refractivity contribution is -0.137. The maximum Gasteiger partial charge on any atom is 0.417 e. The minimum absolute atomic E-state index is 0.127. The van der Waals surface area contributed by atoms with Gasteiger partial charge in [-0.05, 0) is 42.5 Å². The molecule has 2 aromatic carbocycles. The number of nitrogens with zero attached hydrogens (tertiary/aromatic N) is 3. The van der Waals surface area contributed by atoms with Gasteiger partial charge in [0.1, 0.15) is 18.5 Å². The summed E-state index contributed by atoms with van der Waals surface area (Å²) >= 11 is 0. The first-order valence-corrected chi connectivity index (χ1v) is 11.6. The van der Waals surface area contributed by atoms with Gasteiger partial charge in [-0.3, -0.25) is 4.79 Å². The second-order valence-electron chi connectivity index (χ2n) is 7.43. The van der Waals surface area contributed by atoms with E-state index in [0.717, 1.165) is 12.1 Å². The fourth-order valence-electron chi connectivity index (χ4n) is 3.40. The summed E-state index contributed by atoms with van der Waals surface area (Å²) in [6.45, 7) is 1.49. The number of urea groups is 1. The molecular formula is C22H17F3N4O3P+. The summed E-state index contributed by atoms with van der Waals surface area (Å²) in [6.07, 6.45) is -0.802. The van der Waals surface area contributed by atoms with E-state index < -0.39 is 42.3 Å². The topological polar surface area (TPSA) is 106 Å². The van der Waals surface area contributed by atoms with Crippen LogP contribution in [0.2, 0.25) is 0 Å². The Morgan fingerprint density at radius 3 is 2.36 bits per heavy atom. The maximum absolute atomic E-state index is 13.4. The average molecular weight is 473 g/mol. The molecule has 168 valence electrons. The molecule has 33 heavy (non-hydrogen) atoms. The summed E-state index contributed by atoms with van der Waals surface area (Å²) in [7, 11) is -0.973. The number of rotatable bonds is 6.